The molecule has 2 saturated carbocycles. The van der Waals surface area contributed by atoms with Gasteiger partial charge in [-0.1, -0.05) is 20.3 Å². The third-order valence-corrected chi connectivity index (χ3v) is 5.18. The lowest BCUT2D eigenvalue weighted by Crippen LogP contribution is -2.68. The fourth-order valence-electron chi connectivity index (χ4n) is 3.70. The van der Waals surface area contributed by atoms with Crippen LogP contribution in [0.3, 0.4) is 0 Å². The average molecular weight is 325 g/mol. The van der Waals surface area contributed by atoms with Crippen molar-refractivity contribution in [2.45, 2.75) is 65.0 Å². The van der Waals surface area contributed by atoms with Gasteiger partial charge in [0.15, 0.2) is 5.96 Å². The zero-order valence-corrected chi connectivity index (χ0v) is 15.4. The van der Waals surface area contributed by atoms with Gasteiger partial charge in [0, 0.05) is 44.9 Å². The normalized spacial score (nSPS) is 26.0. The Morgan fingerprint density at radius 3 is 2.70 bits per heavy atom. The van der Waals surface area contributed by atoms with E-state index in [4.69, 9.17) is 9.47 Å². The van der Waals surface area contributed by atoms with Crippen LogP contribution in [0.2, 0.25) is 0 Å². The summed E-state index contributed by atoms with van der Waals surface area (Å²) >= 11 is 0. The van der Waals surface area contributed by atoms with Crippen LogP contribution in [-0.4, -0.2) is 51.5 Å². The first kappa shape index (κ1) is 18.5. The molecule has 0 aliphatic heterocycles. The first-order valence-electron chi connectivity index (χ1n) is 9.29. The van der Waals surface area contributed by atoms with Crippen LogP contribution in [0, 0.1) is 11.3 Å². The molecule has 0 saturated heterocycles. The number of rotatable bonds is 9. The highest BCUT2D eigenvalue weighted by molar-refractivity contribution is 5.80. The van der Waals surface area contributed by atoms with E-state index < -0.39 is 0 Å². The zero-order valence-electron chi connectivity index (χ0n) is 15.4. The summed E-state index contributed by atoms with van der Waals surface area (Å²) in [6.07, 6.45) is 6.46. The number of aliphatic imine (C=N–C) groups is 1. The molecule has 0 bridgehead atoms. The lowest BCUT2D eigenvalue weighted by atomic mass is 9.51. The molecule has 23 heavy (non-hydrogen) atoms. The maximum atomic E-state index is 5.91. The molecule has 5 nitrogen and oxygen atoms in total. The maximum Gasteiger partial charge on any atom is 0.191 e. The van der Waals surface area contributed by atoms with Gasteiger partial charge >= 0.3 is 0 Å². The highest BCUT2D eigenvalue weighted by Gasteiger charge is 2.59. The predicted octanol–water partition coefficient (Wildman–Crippen LogP) is 2.56. The van der Waals surface area contributed by atoms with Crippen molar-refractivity contribution in [2.75, 3.05) is 33.4 Å². The van der Waals surface area contributed by atoms with Crippen molar-refractivity contribution in [1.82, 2.24) is 10.6 Å². The number of ether oxygens (including phenoxy) is 2. The van der Waals surface area contributed by atoms with E-state index in [1.54, 1.807) is 0 Å². The van der Waals surface area contributed by atoms with E-state index in [9.17, 15) is 0 Å². The van der Waals surface area contributed by atoms with Crippen molar-refractivity contribution in [3.8, 4) is 0 Å². The molecule has 2 fully saturated rings. The van der Waals surface area contributed by atoms with E-state index in [0.717, 1.165) is 45.2 Å². The topological polar surface area (TPSA) is 54.9 Å². The second kappa shape index (κ2) is 8.88. The van der Waals surface area contributed by atoms with Crippen LogP contribution in [0.5, 0.6) is 0 Å². The van der Waals surface area contributed by atoms with Crippen LogP contribution in [0.1, 0.15) is 52.9 Å². The first-order valence-corrected chi connectivity index (χ1v) is 9.29. The van der Waals surface area contributed by atoms with Gasteiger partial charge in [-0.25, -0.2) is 0 Å². The Bertz CT molecular complexity index is 380. The van der Waals surface area contributed by atoms with Gasteiger partial charge in [0.25, 0.3) is 0 Å². The molecule has 0 aromatic carbocycles. The Balaban J connectivity index is 1.65. The quantitative estimate of drug-likeness (QED) is 0.389. The molecule has 0 aromatic rings. The molecular formula is C18H35N3O2. The summed E-state index contributed by atoms with van der Waals surface area (Å²) in [5.74, 6) is 1.52. The van der Waals surface area contributed by atoms with Crippen LogP contribution >= 0.6 is 0 Å². The summed E-state index contributed by atoms with van der Waals surface area (Å²) in [5, 5.41) is 7.02. The predicted molar refractivity (Wildman–Crippen MR) is 94.9 cm³/mol. The Morgan fingerprint density at radius 1 is 1.35 bits per heavy atom. The van der Waals surface area contributed by atoms with E-state index in [-0.39, 0.29) is 0 Å². The van der Waals surface area contributed by atoms with Gasteiger partial charge in [0.1, 0.15) is 0 Å². The molecule has 0 radical (unpaired) electrons. The minimum absolute atomic E-state index is 0.369. The second-order valence-corrected chi connectivity index (χ2v) is 7.28. The zero-order chi connectivity index (χ0) is 16.7. The van der Waals surface area contributed by atoms with Gasteiger partial charge in [-0.2, -0.15) is 0 Å². The second-order valence-electron chi connectivity index (χ2n) is 7.28. The van der Waals surface area contributed by atoms with Crippen LogP contribution < -0.4 is 10.6 Å². The van der Waals surface area contributed by atoms with Crippen molar-refractivity contribution in [1.29, 1.82) is 0 Å². The van der Waals surface area contributed by atoms with Crippen LogP contribution in [0.15, 0.2) is 4.99 Å². The first-order chi connectivity index (χ1) is 11.1. The lowest BCUT2D eigenvalue weighted by Gasteiger charge is -2.61. The molecule has 2 rings (SSSR count). The van der Waals surface area contributed by atoms with E-state index in [1.165, 1.54) is 19.3 Å². The van der Waals surface area contributed by atoms with Crippen molar-refractivity contribution < 1.29 is 9.47 Å². The highest BCUT2D eigenvalue weighted by Crippen LogP contribution is 2.57. The van der Waals surface area contributed by atoms with Crippen LogP contribution in [-0.2, 0) is 9.47 Å². The highest BCUT2D eigenvalue weighted by atomic mass is 16.5. The van der Waals surface area contributed by atoms with Crippen molar-refractivity contribution in [3.63, 3.8) is 0 Å². The Kier molecular flexibility index (Phi) is 7.15. The fourth-order valence-corrected chi connectivity index (χ4v) is 3.70. The van der Waals surface area contributed by atoms with E-state index in [2.05, 4.69) is 36.4 Å². The average Bonchev–Trinajstić information content (AvgIpc) is 2.45. The molecule has 2 atom stereocenters. The number of nitrogens with zero attached hydrogens (tertiary/aromatic N) is 1. The standard InChI is InChI=1S/C18H35N3O2/c1-5-23-16-12-15(18(16)8-6-9-18)21-17(19-4)20-10-7-11-22-13-14(2)3/h14-16H,5-13H2,1-4H3,(H2,19,20,21). The number of hydrogen-bond acceptors (Lipinski definition) is 3. The molecule has 134 valence electrons. The molecule has 2 aliphatic rings. The number of nitrogens with one attached hydrogen (secondary N) is 2. The minimum atomic E-state index is 0.369. The molecular weight excluding hydrogens is 290 g/mol. The summed E-state index contributed by atoms with van der Waals surface area (Å²) in [4.78, 5) is 4.36. The third kappa shape index (κ3) is 4.60. The minimum Gasteiger partial charge on any atom is -0.381 e. The summed E-state index contributed by atoms with van der Waals surface area (Å²) in [5.41, 5.74) is 0.369. The summed E-state index contributed by atoms with van der Waals surface area (Å²) in [6.45, 7) is 9.81. The molecule has 2 unspecified atom stereocenters. The van der Waals surface area contributed by atoms with Crippen LogP contribution in [0.4, 0.5) is 0 Å². The molecule has 2 N–H and O–H groups in total. The van der Waals surface area contributed by atoms with Crippen molar-refractivity contribution >= 4 is 5.96 Å². The molecule has 0 amide bonds. The van der Waals surface area contributed by atoms with E-state index in [1.807, 2.05) is 7.05 Å². The van der Waals surface area contributed by atoms with Crippen molar-refractivity contribution in [3.05, 3.63) is 0 Å². The summed E-state index contributed by atoms with van der Waals surface area (Å²) < 4.78 is 11.5. The molecule has 5 heteroatoms. The van der Waals surface area contributed by atoms with Gasteiger partial charge in [-0.3, -0.25) is 4.99 Å². The van der Waals surface area contributed by atoms with Crippen molar-refractivity contribution in [2.24, 2.45) is 16.3 Å². The molecule has 0 heterocycles. The smallest absolute Gasteiger partial charge is 0.191 e. The Labute approximate surface area is 141 Å². The molecule has 0 aromatic heterocycles. The fraction of sp³-hybridized carbons (Fsp3) is 0.944. The monoisotopic (exact) mass is 325 g/mol. The van der Waals surface area contributed by atoms with Crippen LogP contribution in [0.25, 0.3) is 0 Å². The molecule has 2 aliphatic carbocycles. The van der Waals surface area contributed by atoms with Gasteiger partial charge in [-0.15, -0.1) is 0 Å². The lowest BCUT2D eigenvalue weighted by molar-refractivity contribution is -0.168. The van der Waals surface area contributed by atoms with E-state index >= 15 is 0 Å². The van der Waals surface area contributed by atoms with Gasteiger partial charge < -0.3 is 20.1 Å². The number of guanidine groups is 1. The van der Waals surface area contributed by atoms with Gasteiger partial charge in [-0.05, 0) is 38.5 Å². The summed E-state index contributed by atoms with van der Waals surface area (Å²) in [6, 6.07) is 0.510. The molecule has 1 spiro atoms. The maximum absolute atomic E-state index is 5.91. The SMILES string of the molecule is CCOC1CC(NC(=NC)NCCCOCC(C)C)C12CCC2. The Hall–Kier alpha value is -0.810. The van der Waals surface area contributed by atoms with E-state index in [0.29, 0.717) is 23.5 Å². The third-order valence-electron chi connectivity index (χ3n) is 5.18. The largest absolute Gasteiger partial charge is 0.381 e. The Morgan fingerprint density at radius 2 is 2.13 bits per heavy atom. The van der Waals surface area contributed by atoms with Gasteiger partial charge in [0.2, 0.25) is 0 Å². The number of hydrogen-bond donors (Lipinski definition) is 2. The summed E-state index contributed by atoms with van der Waals surface area (Å²) in [7, 11) is 1.84. The van der Waals surface area contributed by atoms with Gasteiger partial charge in [0.05, 0.1) is 6.10 Å².